The molecule has 0 aromatic rings. The molecule has 0 aromatic carbocycles. The smallest absolute Gasteiger partial charge is 0.0121 e. The fourth-order valence-corrected chi connectivity index (χ4v) is 1.30. The zero-order valence-corrected chi connectivity index (χ0v) is 9.49. The van der Waals surface area contributed by atoms with Crippen molar-refractivity contribution < 1.29 is 0 Å². The van der Waals surface area contributed by atoms with Crippen molar-refractivity contribution in [1.82, 2.24) is 10.6 Å². The van der Waals surface area contributed by atoms with Crippen LogP contribution in [0.5, 0.6) is 0 Å². The van der Waals surface area contributed by atoms with Gasteiger partial charge in [0.2, 0.25) is 0 Å². The monoisotopic (exact) mass is 270 g/mol. The van der Waals surface area contributed by atoms with Crippen LogP contribution in [0.3, 0.4) is 0 Å². The van der Waals surface area contributed by atoms with Crippen molar-refractivity contribution >= 4 is 22.6 Å². The third-order valence-electron chi connectivity index (χ3n) is 1.55. The summed E-state index contributed by atoms with van der Waals surface area (Å²) in [5.74, 6) is 0. The maximum absolute atomic E-state index is 3.38. The summed E-state index contributed by atoms with van der Waals surface area (Å²) in [5.41, 5.74) is 0. The first-order valence-electron chi connectivity index (χ1n) is 4.33. The fourth-order valence-electron chi connectivity index (χ4n) is 0.920. The molecule has 0 amide bonds. The lowest BCUT2D eigenvalue weighted by molar-refractivity contribution is 0.603. The highest BCUT2D eigenvalue weighted by Crippen LogP contribution is 1.91. The Morgan fingerprint density at radius 3 is 2.36 bits per heavy atom. The SMILES string of the molecule is CNCCCCCNCCI. The zero-order chi connectivity index (χ0) is 8.36. The molecule has 0 aromatic heterocycles. The molecule has 0 heterocycles. The molecule has 11 heavy (non-hydrogen) atoms. The normalized spacial score (nSPS) is 10.4. The number of hydrogen-bond donors (Lipinski definition) is 2. The molecule has 0 radical (unpaired) electrons. The van der Waals surface area contributed by atoms with E-state index in [0.29, 0.717) is 0 Å². The van der Waals surface area contributed by atoms with Crippen molar-refractivity contribution in [3.8, 4) is 0 Å². The minimum absolute atomic E-state index is 1.16. The summed E-state index contributed by atoms with van der Waals surface area (Å²) in [6.45, 7) is 3.51. The van der Waals surface area contributed by atoms with Gasteiger partial charge in [0.25, 0.3) is 0 Å². The Balaban J connectivity index is 2.69. The van der Waals surface area contributed by atoms with Crippen LogP contribution in [0.25, 0.3) is 0 Å². The van der Waals surface area contributed by atoms with Gasteiger partial charge >= 0.3 is 0 Å². The quantitative estimate of drug-likeness (QED) is 0.396. The second kappa shape index (κ2) is 10.7. The van der Waals surface area contributed by atoms with E-state index in [2.05, 4.69) is 33.2 Å². The lowest BCUT2D eigenvalue weighted by Crippen LogP contribution is -2.17. The molecular formula is C8H19IN2. The van der Waals surface area contributed by atoms with Crippen molar-refractivity contribution in [2.45, 2.75) is 19.3 Å². The molecule has 3 heteroatoms. The number of alkyl halides is 1. The van der Waals surface area contributed by atoms with Crippen LogP contribution in [0.2, 0.25) is 0 Å². The van der Waals surface area contributed by atoms with E-state index in [1.54, 1.807) is 0 Å². The van der Waals surface area contributed by atoms with Gasteiger partial charge in [0.15, 0.2) is 0 Å². The summed E-state index contributed by atoms with van der Waals surface area (Å²) in [5, 5.41) is 6.53. The van der Waals surface area contributed by atoms with Crippen LogP contribution in [0.4, 0.5) is 0 Å². The van der Waals surface area contributed by atoms with Crippen LogP contribution >= 0.6 is 22.6 Å². The van der Waals surface area contributed by atoms with E-state index in [1.165, 1.54) is 30.2 Å². The Hall–Kier alpha value is 0.650. The largest absolute Gasteiger partial charge is 0.320 e. The lowest BCUT2D eigenvalue weighted by atomic mass is 10.2. The van der Waals surface area contributed by atoms with Crippen molar-refractivity contribution in [3.05, 3.63) is 0 Å². The van der Waals surface area contributed by atoms with Gasteiger partial charge in [0, 0.05) is 11.0 Å². The minimum atomic E-state index is 1.16. The van der Waals surface area contributed by atoms with Crippen molar-refractivity contribution in [2.24, 2.45) is 0 Å². The second-order valence-electron chi connectivity index (χ2n) is 2.60. The number of nitrogens with one attached hydrogen (secondary N) is 2. The highest BCUT2D eigenvalue weighted by Gasteiger charge is 1.87. The highest BCUT2D eigenvalue weighted by atomic mass is 127. The first-order chi connectivity index (χ1) is 5.41. The fraction of sp³-hybridized carbons (Fsp3) is 1.00. The summed E-state index contributed by atoms with van der Waals surface area (Å²) in [6, 6.07) is 0. The van der Waals surface area contributed by atoms with E-state index in [-0.39, 0.29) is 0 Å². The van der Waals surface area contributed by atoms with Crippen LogP contribution in [-0.4, -0.2) is 31.1 Å². The molecule has 0 fully saturated rings. The lowest BCUT2D eigenvalue weighted by Gasteiger charge is -2.01. The Kier molecular flexibility index (Phi) is 11.3. The number of rotatable bonds is 8. The van der Waals surface area contributed by atoms with Gasteiger partial charge < -0.3 is 10.6 Å². The van der Waals surface area contributed by atoms with Crippen LogP contribution < -0.4 is 10.6 Å². The van der Waals surface area contributed by atoms with Crippen molar-refractivity contribution in [2.75, 3.05) is 31.1 Å². The van der Waals surface area contributed by atoms with Gasteiger partial charge in [-0.1, -0.05) is 29.0 Å². The minimum Gasteiger partial charge on any atom is -0.320 e. The molecule has 0 rings (SSSR count). The first kappa shape index (κ1) is 11.6. The molecule has 2 N–H and O–H groups in total. The van der Waals surface area contributed by atoms with Gasteiger partial charge in [0.1, 0.15) is 0 Å². The maximum Gasteiger partial charge on any atom is 0.0121 e. The first-order valence-corrected chi connectivity index (χ1v) is 5.85. The zero-order valence-electron chi connectivity index (χ0n) is 7.33. The third kappa shape index (κ3) is 10.7. The number of halogens is 1. The van der Waals surface area contributed by atoms with Gasteiger partial charge in [-0.15, -0.1) is 0 Å². The summed E-state index contributed by atoms with van der Waals surface area (Å²) in [4.78, 5) is 0. The predicted octanol–water partition coefficient (Wildman–Crippen LogP) is 1.40. The van der Waals surface area contributed by atoms with E-state index in [9.17, 15) is 0 Å². The summed E-state index contributed by atoms with van der Waals surface area (Å²) in [7, 11) is 2.01. The topological polar surface area (TPSA) is 24.1 Å². The molecule has 0 aliphatic carbocycles. The second-order valence-corrected chi connectivity index (χ2v) is 3.68. The molecule has 2 nitrogen and oxygen atoms in total. The van der Waals surface area contributed by atoms with Crippen LogP contribution in [0.1, 0.15) is 19.3 Å². The van der Waals surface area contributed by atoms with Gasteiger partial charge in [-0.3, -0.25) is 0 Å². The Morgan fingerprint density at radius 1 is 1.00 bits per heavy atom. The summed E-state index contributed by atoms with van der Waals surface area (Å²) >= 11 is 2.39. The maximum atomic E-state index is 3.38. The molecule has 0 spiro atoms. The molecule has 0 aliphatic rings. The van der Waals surface area contributed by atoms with Gasteiger partial charge in [-0.2, -0.15) is 0 Å². The van der Waals surface area contributed by atoms with E-state index in [4.69, 9.17) is 0 Å². The van der Waals surface area contributed by atoms with Gasteiger partial charge in [-0.25, -0.2) is 0 Å². The standard InChI is InChI=1S/C8H19IN2/c1-10-6-3-2-4-7-11-8-5-9/h10-11H,2-8H2,1H3. The molecule has 0 atom stereocenters. The summed E-state index contributed by atoms with van der Waals surface area (Å²) < 4.78 is 1.22. The third-order valence-corrected chi connectivity index (χ3v) is 2.09. The van der Waals surface area contributed by atoms with Crippen LogP contribution in [0, 0.1) is 0 Å². The van der Waals surface area contributed by atoms with E-state index in [1.807, 2.05) is 7.05 Å². The molecule has 0 saturated heterocycles. The predicted molar refractivity (Wildman–Crippen MR) is 59.5 cm³/mol. The molecule has 0 aliphatic heterocycles. The van der Waals surface area contributed by atoms with Crippen LogP contribution in [-0.2, 0) is 0 Å². The van der Waals surface area contributed by atoms with Gasteiger partial charge in [-0.05, 0) is 33.0 Å². The van der Waals surface area contributed by atoms with E-state index in [0.717, 1.165) is 13.1 Å². The molecular weight excluding hydrogens is 251 g/mol. The highest BCUT2D eigenvalue weighted by molar-refractivity contribution is 14.1. The van der Waals surface area contributed by atoms with Crippen LogP contribution in [0.15, 0.2) is 0 Å². The Bertz CT molecular complexity index is 61.1. The average molecular weight is 270 g/mol. The van der Waals surface area contributed by atoms with E-state index >= 15 is 0 Å². The Morgan fingerprint density at radius 2 is 1.73 bits per heavy atom. The molecule has 0 unspecified atom stereocenters. The van der Waals surface area contributed by atoms with Crippen molar-refractivity contribution in [1.29, 1.82) is 0 Å². The van der Waals surface area contributed by atoms with E-state index < -0.39 is 0 Å². The Labute approximate surface area is 83.7 Å². The number of unbranched alkanes of at least 4 members (excludes halogenated alkanes) is 2. The van der Waals surface area contributed by atoms with Crippen molar-refractivity contribution in [3.63, 3.8) is 0 Å². The number of hydrogen-bond acceptors (Lipinski definition) is 2. The molecule has 0 bridgehead atoms. The van der Waals surface area contributed by atoms with Gasteiger partial charge in [0.05, 0.1) is 0 Å². The molecule has 68 valence electrons. The average Bonchev–Trinajstić information content (AvgIpc) is 2.03. The molecule has 0 saturated carbocycles. The summed E-state index contributed by atoms with van der Waals surface area (Å²) in [6.07, 6.45) is 3.97.